The highest BCUT2D eigenvalue weighted by molar-refractivity contribution is 8.13. The molecule has 0 spiro atoms. The summed E-state index contributed by atoms with van der Waals surface area (Å²) in [6.07, 6.45) is 2.38. The quantitative estimate of drug-likeness (QED) is 0.669. The standard InChI is InChI=1S/C15H21FN2S/c1-15(2,3)18-14(17-13-7-8-13)19-10-11-5-4-6-12(16)9-11/h4-6,9,13H,7-8,10H2,1-3H3,(H,17,18). The maximum Gasteiger partial charge on any atom is 0.157 e. The van der Waals surface area contributed by atoms with Gasteiger partial charge < -0.3 is 5.32 Å². The molecule has 1 N–H and O–H groups in total. The van der Waals surface area contributed by atoms with Crippen LogP contribution in [-0.2, 0) is 5.75 Å². The molecular weight excluding hydrogens is 259 g/mol. The van der Waals surface area contributed by atoms with Crippen molar-refractivity contribution >= 4 is 16.9 Å². The fourth-order valence-corrected chi connectivity index (χ4v) is 2.66. The van der Waals surface area contributed by atoms with Crippen LogP contribution in [0.2, 0.25) is 0 Å². The lowest BCUT2D eigenvalue weighted by atomic mass is 10.1. The molecule has 0 heterocycles. The molecule has 2 rings (SSSR count). The average Bonchev–Trinajstić information content (AvgIpc) is 3.08. The summed E-state index contributed by atoms with van der Waals surface area (Å²) in [6, 6.07) is 7.24. The lowest BCUT2D eigenvalue weighted by Crippen LogP contribution is -2.39. The summed E-state index contributed by atoms with van der Waals surface area (Å²) in [6.45, 7) is 6.37. The maximum atomic E-state index is 13.1. The van der Waals surface area contributed by atoms with Crippen LogP contribution in [0.4, 0.5) is 4.39 Å². The van der Waals surface area contributed by atoms with Crippen molar-refractivity contribution in [2.24, 2.45) is 4.99 Å². The minimum atomic E-state index is -0.178. The summed E-state index contributed by atoms with van der Waals surface area (Å²) >= 11 is 1.65. The highest BCUT2D eigenvalue weighted by atomic mass is 32.2. The highest BCUT2D eigenvalue weighted by Gasteiger charge is 2.22. The third-order valence-corrected chi connectivity index (χ3v) is 3.55. The Balaban J connectivity index is 1.96. The summed E-state index contributed by atoms with van der Waals surface area (Å²) in [5.74, 6) is 0.564. The molecule has 4 heteroatoms. The fraction of sp³-hybridized carbons (Fsp3) is 0.533. The molecule has 0 unspecified atom stereocenters. The van der Waals surface area contributed by atoms with Crippen molar-refractivity contribution in [3.8, 4) is 0 Å². The van der Waals surface area contributed by atoms with Crippen LogP contribution in [0.1, 0.15) is 39.2 Å². The summed E-state index contributed by atoms with van der Waals surface area (Å²) in [5.41, 5.74) is 0.993. The molecule has 0 atom stereocenters. The van der Waals surface area contributed by atoms with E-state index in [1.807, 2.05) is 6.07 Å². The van der Waals surface area contributed by atoms with Gasteiger partial charge in [-0.05, 0) is 51.3 Å². The SMILES string of the molecule is CC(C)(C)NC(=NC1CC1)SCc1cccc(F)c1. The van der Waals surface area contributed by atoms with Crippen LogP contribution >= 0.6 is 11.8 Å². The summed E-state index contributed by atoms with van der Waals surface area (Å²) in [4.78, 5) is 4.69. The first kappa shape index (κ1) is 14.4. The Labute approximate surface area is 118 Å². The Morgan fingerprint density at radius 3 is 2.74 bits per heavy atom. The molecule has 0 amide bonds. The molecular formula is C15H21FN2S. The second kappa shape index (κ2) is 5.95. The van der Waals surface area contributed by atoms with Crippen LogP contribution in [0.15, 0.2) is 29.3 Å². The molecule has 0 bridgehead atoms. The second-order valence-corrected chi connectivity index (χ2v) is 6.92. The molecule has 0 aromatic heterocycles. The number of hydrogen-bond acceptors (Lipinski definition) is 2. The van der Waals surface area contributed by atoms with Crippen molar-refractivity contribution in [3.05, 3.63) is 35.6 Å². The van der Waals surface area contributed by atoms with Crippen molar-refractivity contribution < 1.29 is 4.39 Å². The van der Waals surface area contributed by atoms with Crippen molar-refractivity contribution in [1.82, 2.24) is 5.32 Å². The van der Waals surface area contributed by atoms with Gasteiger partial charge >= 0.3 is 0 Å². The first-order valence-electron chi connectivity index (χ1n) is 6.66. The van der Waals surface area contributed by atoms with Gasteiger partial charge in [-0.2, -0.15) is 0 Å². The van der Waals surface area contributed by atoms with Gasteiger partial charge in [0.2, 0.25) is 0 Å². The smallest absolute Gasteiger partial charge is 0.157 e. The van der Waals surface area contributed by atoms with E-state index in [2.05, 4.69) is 31.1 Å². The van der Waals surface area contributed by atoms with E-state index in [-0.39, 0.29) is 11.4 Å². The van der Waals surface area contributed by atoms with E-state index < -0.39 is 0 Å². The maximum absolute atomic E-state index is 13.1. The fourth-order valence-electron chi connectivity index (χ4n) is 1.57. The number of benzene rings is 1. The van der Waals surface area contributed by atoms with Gasteiger partial charge in [0.05, 0.1) is 6.04 Å². The van der Waals surface area contributed by atoms with Crippen LogP contribution in [0, 0.1) is 5.82 Å². The Morgan fingerprint density at radius 1 is 1.42 bits per heavy atom. The van der Waals surface area contributed by atoms with Gasteiger partial charge in [-0.1, -0.05) is 23.9 Å². The zero-order valence-corrected chi connectivity index (χ0v) is 12.6. The molecule has 0 aliphatic heterocycles. The number of rotatable bonds is 3. The van der Waals surface area contributed by atoms with Crippen LogP contribution < -0.4 is 5.32 Å². The van der Waals surface area contributed by atoms with E-state index in [9.17, 15) is 4.39 Å². The Hall–Kier alpha value is -1.03. The minimum Gasteiger partial charge on any atom is -0.360 e. The molecule has 1 fully saturated rings. The van der Waals surface area contributed by atoms with E-state index in [1.165, 1.54) is 18.9 Å². The van der Waals surface area contributed by atoms with E-state index in [0.29, 0.717) is 6.04 Å². The number of hydrogen-bond donors (Lipinski definition) is 1. The number of halogens is 1. The van der Waals surface area contributed by atoms with Crippen LogP contribution in [0.25, 0.3) is 0 Å². The minimum absolute atomic E-state index is 0.00264. The van der Waals surface area contributed by atoms with Gasteiger partial charge in [0, 0.05) is 11.3 Å². The number of nitrogens with zero attached hydrogens (tertiary/aromatic N) is 1. The Kier molecular flexibility index (Phi) is 4.50. The molecule has 1 saturated carbocycles. The molecule has 19 heavy (non-hydrogen) atoms. The summed E-state index contributed by atoms with van der Waals surface area (Å²) in [5, 5.41) is 4.40. The molecule has 1 aromatic carbocycles. The van der Waals surface area contributed by atoms with Gasteiger partial charge in [0.15, 0.2) is 5.17 Å². The first-order valence-corrected chi connectivity index (χ1v) is 7.64. The van der Waals surface area contributed by atoms with Crippen LogP contribution in [-0.4, -0.2) is 16.7 Å². The zero-order chi connectivity index (χ0) is 13.9. The Bertz CT molecular complexity index is 461. The molecule has 104 valence electrons. The average molecular weight is 280 g/mol. The van der Waals surface area contributed by atoms with Gasteiger partial charge in [-0.3, -0.25) is 4.99 Å². The van der Waals surface area contributed by atoms with Gasteiger partial charge in [0.1, 0.15) is 5.82 Å². The number of amidine groups is 1. The van der Waals surface area contributed by atoms with Crippen molar-refractivity contribution in [1.29, 1.82) is 0 Å². The molecule has 0 radical (unpaired) electrons. The van der Waals surface area contributed by atoms with E-state index >= 15 is 0 Å². The van der Waals surface area contributed by atoms with E-state index in [4.69, 9.17) is 0 Å². The highest BCUT2D eigenvalue weighted by Crippen LogP contribution is 2.26. The Morgan fingerprint density at radius 2 is 2.16 bits per heavy atom. The molecule has 0 saturated heterocycles. The topological polar surface area (TPSA) is 24.4 Å². The largest absolute Gasteiger partial charge is 0.360 e. The summed E-state index contributed by atoms with van der Waals surface area (Å²) < 4.78 is 13.1. The van der Waals surface area contributed by atoms with E-state index in [1.54, 1.807) is 23.9 Å². The second-order valence-electron chi connectivity index (χ2n) is 5.96. The zero-order valence-electron chi connectivity index (χ0n) is 11.7. The lowest BCUT2D eigenvalue weighted by Gasteiger charge is -2.23. The monoisotopic (exact) mass is 280 g/mol. The van der Waals surface area contributed by atoms with Gasteiger partial charge in [0.25, 0.3) is 0 Å². The van der Waals surface area contributed by atoms with Crippen molar-refractivity contribution in [3.63, 3.8) is 0 Å². The lowest BCUT2D eigenvalue weighted by molar-refractivity contribution is 0.514. The predicted octanol–water partition coefficient (Wildman–Crippen LogP) is 3.97. The third kappa shape index (κ3) is 5.64. The molecule has 1 aromatic rings. The molecule has 1 aliphatic carbocycles. The van der Waals surface area contributed by atoms with Gasteiger partial charge in [-0.15, -0.1) is 0 Å². The normalized spacial score (nSPS) is 16.5. The number of aliphatic imine (C=N–C) groups is 1. The molecule has 1 aliphatic rings. The predicted molar refractivity (Wildman–Crippen MR) is 81.0 cm³/mol. The van der Waals surface area contributed by atoms with Crippen LogP contribution in [0.5, 0.6) is 0 Å². The van der Waals surface area contributed by atoms with Crippen molar-refractivity contribution in [2.45, 2.75) is 50.9 Å². The van der Waals surface area contributed by atoms with E-state index in [0.717, 1.165) is 16.5 Å². The van der Waals surface area contributed by atoms with Crippen molar-refractivity contribution in [2.75, 3.05) is 0 Å². The number of thioether (sulfide) groups is 1. The third-order valence-electron chi connectivity index (χ3n) is 2.59. The van der Waals surface area contributed by atoms with Gasteiger partial charge in [-0.25, -0.2) is 4.39 Å². The first-order chi connectivity index (χ1) is 8.92. The van der Waals surface area contributed by atoms with Crippen LogP contribution in [0.3, 0.4) is 0 Å². The number of nitrogens with one attached hydrogen (secondary N) is 1. The summed E-state index contributed by atoms with van der Waals surface area (Å²) in [7, 11) is 0. The molecule has 2 nitrogen and oxygen atoms in total.